The molecule has 0 unspecified atom stereocenters. The Morgan fingerprint density at radius 3 is 1.13 bits per heavy atom. The Kier molecular flexibility index (Phi) is 14.0. The molecule has 0 radical (unpaired) electrons. The number of aryl methyl sites for hydroxylation is 2. The number of benzene rings is 9. The van der Waals surface area contributed by atoms with Gasteiger partial charge in [0.2, 0.25) is 0 Å². The summed E-state index contributed by atoms with van der Waals surface area (Å²) in [4.78, 5) is 5.09. The van der Waals surface area contributed by atoms with Crippen LogP contribution in [0, 0.1) is 59.7 Å². The number of nitrogens with zero attached hydrogens (tertiary/aromatic N) is 5. The number of aromatic nitrogens is 5. The van der Waals surface area contributed by atoms with E-state index in [1.165, 1.54) is 22.3 Å². The number of hydrogen-bond donors (Lipinski definition) is 0. The number of pyridine rings is 1. The summed E-state index contributed by atoms with van der Waals surface area (Å²) in [6, 6.07) is 86.3. The molecular formula is C71H54IrN5. The van der Waals surface area contributed by atoms with Gasteiger partial charge in [0.25, 0.3) is 0 Å². The Morgan fingerprint density at radius 2 is 0.727 bits per heavy atom. The van der Waals surface area contributed by atoms with Crippen LogP contribution < -0.4 is 0 Å². The maximum Gasteiger partial charge on any atom is 3.00 e. The molecule has 0 saturated carbocycles. The average molecular weight is 1170 g/mol. The molecule has 0 bridgehead atoms. The molecule has 0 aliphatic carbocycles. The standard InChI is InChI=1S/C71H54N5.Ir/c1-46-48(3)73-75(50(46)5)63-36-31-55(32-37-63)65-21-10-13-24-68(65)60-42-61(69-25-14-11-22-66(69)56-33-38-64(39-34-56)76-51(6)47(2)49(4)74-76)44-62(43-60)70-26-15-12-23-67(70)59-35-40-71(72-45-59)58-20-16-19-57(41-58)54-29-27-53(28-30-54)52-17-8-7-9-18-52;/h7-19,21-36,38,40-45H,1-6H3;/q-3;+3. The molecule has 0 amide bonds. The number of hydrogen-bond acceptors (Lipinski definition) is 3. The predicted molar refractivity (Wildman–Crippen MR) is 312 cm³/mol. The van der Waals surface area contributed by atoms with Crippen molar-refractivity contribution in [1.29, 1.82) is 0 Å². The SMILES string of the molecule is Cc1nn(-c2[c-]cc(-c3ccccc3-c3cc(-c4ccccc4-c4c[c-]c(-n5nc(C)c(C)c5C)cc4)cc(-c4ccccc4-c4ccc(-c5[c-]ccc(-c6ccc(-c7ccccc7)cc6)c5)nc4)c3)cc2)c(C)c1C.[Ir+3]. The first-order chi connectivity index (χ1) is 37.1. The van der Waals surface area contributed by atoms with Crippen LogP contribution in [0.5, 0.6) is 0 Å². The van der Waals surface area contributed by atoms with Gasteiger partial charge in [-0.3, -0.25) is 9.36 Å². The van der Waals surface area contributed by atoms with E-state index in [4.69, 9.17) is 15.2 Å². The maximum absolute atomic E-state index is 5.09. The molecule has 12 aromatic rings. The smallest absolute Gasteiger partial charge is 0.304 e. The first kappa shape index (κ1) is 50.4. The fraction of sp³-hybridized carbons (Fsp3) is 0.0845. The molecule has 0 aliphatic heterocycles. The zero-order valence-electron chi connectivity index (χ0n) is 43.9. The summed E-state index contributed by atoms with van der Waals surface area (Å²) < 4.78 is 3.98. The van der Waals surface area contributed by atoms with Crippen LogP contribution in [0.4, 0.5) is 0 Å². The molecular weight excluding hydrogens is 1120 g/mol. The van der Waals surface area contributed by atoms with E-state index < -0.39 is 0 Å². The molecule has 12 rings (SSSR count). The summed E-state index contributed by atoms with van der Waals surface area (Å²) in [6.07, 6.45) is 2.00. The van der Waals surface area contributed by atoms with Crippen LogP contribution >= 0.6 is 0 Å². The second-order valence-corrected chi connectivity index (χ2v) is 19.6. The van der Waals surface area contributed by atoms with Gasteiger partial charge in [0.15, 0.2) is 0 Å². The van der Waals surface area contributed by atoms with Crippen molar-refractivity contribution in [3.63, 3.8) is 0 Å². The molecule has 6 heteroatoms. The summed E-state index contributed by atoms with van der Waals surface area (Å²) in [6.45, 7) is 12.6. The summed E-state index contributed by atoms with van der Waals surface area (Å²) in [5.41, 5.74) is 28.2. The summed E-state index contributed by atoms with van der Waals surface area (Å²) in [5.74, 6) is 0. The molecule has 3 heterocycles. The van der Waals surface area contributed by atoms with Crippen LogP contribution in [-0.2, 0) is 20.1 Å². The van der Waals surface area contributed by atoms with E-state index in [9.17, 15) is 0 Å². The molecule has 5 nitrogen and oxygen atoms in total. The summed E-state index contributed by atoms with van der Waals surface area (Å²) >= 11 is 0. The topological polar surface area (TPSA) is 48.5 Å². The predicted octanol–water partition coefficient (Wildman–Crippen LogP) is 17.7. The van der Waals surface area contributed by atoms with Crippen molar-refractivity contribution in [1.82, 2.24) is 24.5 Å². The average Bonchev–Trinajstić information content (AvgIpc) is 3.93. The van der Waals surface area contributed by atoms with Crippen LogP contribution in [0.15, 0.2) is 219 Å². The van der Waals surface area contributed by atoms with Gasteiger partial charge in [-0.25, -0.2) is 0 Å². The van der Waals surface area contributed by atoms with Crippen LogP contribution in [0.1, 0.15) is 33.9 Å². The van der Waals surface area contributed by atoms with Crippen molar-refractivity contribution in [3.8, 4) is 112 Å². The molecule has 3 aromatic heterocycles. The molecule has 0 fully saturated rings. The molecule has 9 aromatic carbocycles. The molecule has 77 heavy (non-hydrogen) atoms. The van der Waals surface area contributed by atoms with Crippen LogP contribution in [0.25, 0.3) is 112 Å². The molecule has 0 saturated heterocycles. The van der Waals surface area contributed by atoms with Crippen molar-refractivity contribution in [2.45, 2.75) is 41.5 Å². The Hall–Kier alpha value is -8.80. The molecule has 0 aliphatic rings. The quantitative estimate of drug-likeness (QED) is 0.121. The van der Waals surface area contributed by atoms with E-state index in [1.807, 2.05) is 27.7 Å². The van der Waals surface area contributed by atoms with Crippen molar-refractivity contribution in [3.05, 3.63) is 271 Å². The second-order valence-electron chi connectivity index (χ2n) is 19.6. The molecule has 372 valence electrons. The van der Waals surface area contributed by atoms with E-state index in [0.29, 0.717) is 0 Å². The van der Waals surface area contributed by atoms with Crippen LogP contribution in [0.2, 0.25) is 0 Å². The Morgan fingerprint density at radius 1 is 0.338 bits per heavy atom. The second kappa shape index (κ2) is 21.4. The van der Waals surface area contributed by atoms with E-state index in [2.05, 4.69) is 260 Å². The monoisotopic (exact) mass is 1170 g/mol. The Labute approximate surface area is 465 Å². The van der Waals surface area contributed by atoms with Gasteiger partial charge in [-0.15, -0.1) is 58.7 Å². The van der Waals surface area contributed by atoms with Gasteiger partial charge in [0, 0.05) is 17.6 Å². The normalized spacial score (nSPS) is 11.1. The maximum atomic E-state index is 5.09. The molecule has 0 spiro atoms. The summed E-state index contributed by atoms with van der Waals surface area (Å²) in [7, 11) is 0. The fourth-order valence-corrected chi connectivity index (χ4v) is 10.4. The largest absolute Gasteiger partial charge is 3.00 e. The van der Waals surface area contributed by atoms with Crippen molar-refractivity contribution in [2.75, 3.05) is 0 Å². The molecule has 0 N–H and O–H groups in total. The zero-order valence-corrected chi connectivity index (χ0v) is 46.2. The Balaban J connectivity index is 0.00000631. The third kappa shape index (κ3) is 9.86. The van der Waals surface area contributed by atoms with Crippen LogP contribution in [0.3, 0.4) is 0 Å². The Bertz CT molecular complexity index is 3920. The first-order valence-electron chi connectivity index (χ1n) is 25.8. The fourth-order valence-electron chi connectivity index (χ4n) is 10.4. The minimum Gasteiger partial charge on any atom is -0.304 e. The third-order valence-electron chi connectivity index (χ3n) is 15.1. The minimum atomic E-state index is 0. The van der Waals surface area contributed by atoms with E-state index in [1.54, 1.807) is 0 Å². The summed E-state index contributed by atoms with van der Waals surface area (Å²) in [5, 5.41) is 9.65. The van der Waals surface area contributed by atoms with Gasteiger partial charge in [-0.2, -0.15) is 46.6 Å². The van der Waals surface area contributed by atoms with E-state index >= 15 is 0 Å². The zero-order chi connectivity index (χ0) is 51.9. The number of rotatable bonds is 11. The van der Waals surface area contributed by atoms with Gasteiger partial charge >= 0.3 is 20.1 Å². The van der Waals surface area contributed by atoms with Gasteiger partial charge in [-0.05, 0) is 149 Å². The van der Waals surface area contributed by atoms with E-state index in [-0.39, 0.29) is 20.1 Å². The van der Waals surface area contributed by atoms with Crippen molar-refractivity contribution < 1.29 is 20.1 Å². The molecule has 0 atom stereocenters. The van der Waals surface area contributed by atoms with Gasteiger partial charge in [0.05, 0.1) is 11.4 Å². The third-order valence-corrected chi connectivity index (χ3v) is 15.1. The van der Waals surface area contributed by atoms with Crippen LogP contribution in [-0.4, -0.2) is 24.5 Å². The van der Waals surface area contributed by atoms with E-state index in [0.717, 1.165) is 123 Å². The van der Waals surface area contributed by atoms with Gasteiger partial charge < -0.3 is 4.98 Å². The van der Waals surface area contributed by atoms with Crippen molar-refractivity contribution >= 4 is 0 Å². The van der Waals surface area contributed by atoms with Gasteiger partial charge in [0.1, 0.15) is 0 Å². The van der Waals surface area contributed by atoms with Crippen molar-refractivity contribution in [2.24, 2.45) is 0 Å². The van der Waals surface area contributed by atoms with Gasteiger partial charge in [-0.1, -0.05) is 151 Å². The minimum absolute atomic E-state index is 0. The first-order valence-corrected chi connectivity index (χ1v) is 25.8.